The maximum absolute atomic E-state index is 13.4. The number of carboxylic acids is 1. The fourth-order valence-corrected chi connectivity index (χ4v) is 3.19. The molecule has 1 aromatic carbocycles. The van der Waals surface area contributed by atoms with Gasteiger partial charge in [0.05, 0.1) is 18.2 Å². The molecule has 10 heteroatoms. The Morgan fingerprint density at radius 1 is 1.06 bits per heavy atom. The van der Waals surface area contributed by atoms with E-state index >= 15 is 0 Å². The first-order valence-electron chi connectivity index (χ1n) is 9.60. The Kier molecular flexibility index (Phi) is 6.82. The lowest BCUT2D eigenvalue weighted by molar-refractivity contribution is -0.138. The zero-order chi connectivity index (χ0) is 23.3. The summed E-state index contributed by atoms with van der Waals surface area (Å²) in [6.07, 6.45) is 2.05. The molecule has 0 radical (unpaired) electrons. The van der Waals surface area contributed by atoms with Gasteiger partial charge in [-0.15, -0.1) is 0 Å². The molecular weight excluding hydrogens is 425 g/mol. The molecule has 3 rings (SSSR count). The minimum absolute atomic E-state index is 0.0769. The number of aliphatic carboxylic acids is 1. The van der Waals surface area contributed by atoms with Gasteiger partial charge in [0.25, 0.3) is 5.91 Å². The molecule has 32 heavy (non-hydrogen) atoms. The molecule has 0 aliphatic carbocycles. The van der Waals surface area contributed by atoms with Crippen LogP contribution in [-0.4, -0.2) is 43.4 Å². The highest BCUT2D eigenvalue weighted by Crippen LogP contribution is 2.34. The molecule has 7 nitrogen and oxygen atoms in total. The maximum atomic E-state index is 13.4. The number of nitrogens with zero attached hydrogens (tertiary/aromatic N) is 4. The van der Waals surface area contributed by atoms with Gasteiger partial charge in [0.2, 0.25) is 0 Å². The van der Waals surface area contributed by atoms with E-state index in [1.807, 2.05) is 0 Å². The summed E-state index contributed by atoms with van der Waals surface area (Å²) in [5, 5.41) is 9.02. The van der Waals surface area contributed by atoms with Gasteiger partial charge >= 0.3 is 12.1 Å². The molecule has 3 aromatic rings. The third kappa shape index (κ3) is 5.45. The number of benzene rings is 1. The Hall–Kier alpha value is -3.82. The maximum Gasteiger partial charge on any atom is 0.416 e. The third-order valence-electron chi connectivity index (χ3n) is 4.71. The van der Waals surface area contributed by atoms with E-state index in [4.69, 9.17) is 5.11 Å². The first-order valence-corrected chi connectivity index (χ1v) is 9.60. The van der Waals surface area contributed by atoms with Gasteiger partial charge in [-0.2, -0.15) is 13.2 Å². The van der Waals surface area contributed by atoms with Crippen LogP contribution in [0.25, 0.3) is 11.1 Å². The minimum atomic E-state index is -4.57. The van der Waals surface area contributed by atoms with Crippen LogP contribution in [0, 0.1) is 0 Å². The van der Waals surface area contributed by atoms with E-state index in [9.17, 15) is 22.8 Å². The minimum Gasteiger partial charge on any atom is -0.481 e. The molecule has 0 unspecified atom stereocenters. The lowest BCUT2D eigenvalue weighted by atomic mass is 9.96. The lowest BCUT2D eigenvalue weighted by Crippen LogP contribution is -2.31. The fraction of sp³-hybridized carbons (Fsp3) is 0.227. The second-order valence-electron chi connectivity index (χ2n) is 6.93. The van der Waals surface area contributed by atoms with Gasteiger partial charge in [-0.05, 0) is 41.8 Å². The number of amides is 1. The van der Waals surface area contributed by atoms with Crippen LogP contribution < -0.4 is 0 Å². The summed E-state index contributed by atoms with van der Waals surface area (Å²) in [6, 6.07) is 4.81. The average Bonchev–Trinajstić information content (AvgIpc) is 2.76. The van der Waals surface area contributed by atoms with Crippen LogP contribution in [-0.2, 0) is 23.9 Å². The largest absolute Gasteiger partial charge is 0.481 e. The van der Waals surface area contributed by atoms with Gasteiger partial charge in [-0.3, -0.25) is 19.6 Å². The average molecular weight is 444 g/mol. The van der Waals surface area contributed by atoms with Crippen molar-refractivity contribution in [2.75, 3.05) is 6.54 Å². The lowest BCUT2D eigenvalue weighted by Gasteiger charge is -2.23. The van der Waals surface area contributed by atoms with Crippen molar-refractivity contribution >= 4 is 11.9 Å². The molecule has 0 spiro atoms. The van der Waals surface area contributed by atoms with E-state index in [0.717, 1.165) is 12.1 Å². The first kappa shape index (κ1) is 22.9. The monoisotopic (exact) mass is 444 g/mol. The summed E-state index contributed by atoms with van der Waals surface area (Å²) < 4.78 is 40.1. The van der Waals surface area contributed by atoms with Crippen molar-refractivity contribution in [3.8, 4) is 11.1 Å². The predicted molar refractivity (Wildman–Crippen MR) is 108 cm³/mol. The van der Waals surface area contributed by atoms with Crippen LogP contribution in [0.15, 0.2) is 55.2 Å². The van der Waals surface area contributed by atoms with Crippen molar-refractivity contribution in [2.45, 2.75) is 26.1 Å². The topological polar surface area (TPSA) is 96.3 Å². The molecule has 0 atom stereocenters. The summed E-state index contributed by atoms with van der Waals surface area (Å²) in [6.45, 7) is 1.81. The molecule has 0 fully saturated rings. The molecule has 1 amide bonds. The number of halogens is 3. The van der Waals surface area contributed by atoms with Gasteiger partial charge in [0.15, 0.2) is 0 Å². The number of pyridine rings is 1. The molecule has 0 saturated heterocycles. The molecule has 0 aliphatic heterocycles. The number of hydrogen-bond donors (Lipinski definition) is 1. The molecular formula is C22H19F3N4O3. The predicted octanol–water partition coefficient (Wildman–Crippen LogP) is 3.85. The van der Waals surface area contributed by atoms with Crippen LogP contribution in [0.4, 0.5) is 13.2 Å². The van der Waals surface area contributed by atoms with Crippen molar-refractivity contribution in [3.05, 3.63) is 77.6 Å². The summed E-state index contributed by atoms with van der Waals surface area (Å²) in [4.78, 5) is 37.0. The van der Waals surface area contributed by atoms with Gasteiger partial charge in [0, 0.05) is 43.4 Å². The van der Waals surface area contributed by atoms with E-state index in [1.54, 1.807) is 13.0 Å². The van der Waals surface area contributed by atoms with Crippen LogP contribution in [0.3, 0.4) is 0 Å². The zero-order valence-corrected chi connectivity index (χ0v) is 17.0. The molecule has 166 valence electrons. The standard InChI is InChI=1S/C22H19F3N4O3/c1-2-29(21(32)19-12-26-5-6-28-19)13-16-9-17(22(23,24)25)3-4-18(16)15-7-14(8-20(30)31)10-27-11-15/h3-7,9-12H,2,8,13H2,1H3,(H,30,31). The first-order chi connectivity index (χ1) is 15.2. The molecule has 2 heterocycles. The zero-order valence-electron chi connectivity index (χ0n) is 17.0. The molecule has 2 aromatic heterocycles. The number of carbonyl (C=O) groups excluding carboxylic acids is 1. The van der Waals surface area contributed by atoms with Gasteiger partial charge < -0.3 is 10.0 Å². The van der Waals surface area contributed by atoms with Crippen molar-refractivity contribution in [1.82, 2.24) is 19.9 Å². The van der Waals surface area contributed by atoms with Crippen molar-refractivity contribution < 1.29 is 27.9 Å². The summed E-state index contributed by atoms with van der Waals surface area (Å²) in [5.74, 6) is -1.52. The van der Waals surface area contributed by atoms with E-state index in [1.165, 1.54) is 42.0 Å². The summed E-state index contributed by atoms with van der Waals surface area (Å²) in [7, 11) is 0. The van der Waals surface area contributed by atoms with Crippen LogP contribution in [0.2, 0.25) is 0 Å². The molecule has 1 N–H and O–H groups in total. The van der Waals surface area contributed by atoms with Crippen LogP contribution in [0.5, 0.6) is 0 Å². The highest BCUT2D eigenvalue weighted by Gasteiger charge is 2.31. The number of aromatic nitrogens is 3. The van der Waals surface area contributed by atoms with Crippen LogP contribution in [0.1, 0.15) is 34.1 Å². The highest BCUT2D eigenvalue weighted by molar-refractivity contribution is 5.92. The summed E-state index contributed by atoms with van der Waals surface area (Å²) >= 11 is 0. The van der Waals surface area contributed by atoms with E-state index < -0.39 is 23.6 Å². The third-order valence-corrected chi connectivity index (χ3v) is 4.71. The molecule has 0 aliphatic rings. The quantitative estimate of drug-likeness (QED) is 0.595. The second-order valence-corrected chi connectivity index (χ2v) is 6.93. The van der Waals surface area contributed by atoms with Crippen molar-refractivity contribution in [1.29, 1.82) is 0 Å². The molecule has 0 bridgehead atoms. The Morgan fingerprint density at radius 3 is 2.47 bits per heavy atom. The van der Waals surface area contributed by atoms with E-state index in [0.29, 0.717) is 16.7 Å². The van der Waals surface area contributed by atoms with Gasteiger partial charge in [-0.25, -0.2) is 4.98 Å². The number of rotatable bonds is 7. The second kappa shape index (κ2) is 9.54. The summed E-state index contributed by atoms with van der Waals surface area (Å²) in [5.41, 5.74) is 0.748. The SMILES string of the molecule is CCN(Cc1cc(C(F)(F)F)ccc1-c1cncc(CC(=O)O)c1)C(=O)c1cnccn1. The number of alkyl halides is 3. The van der Waals surface area contributed by atoms with Crippen LogP contribution >= 0.6 is 0 Å². The highest BCUT2D eigenvalue weighted by atomic mass is 19.4. The smallest absolute Gasteiger partial charge is 0.416 e. The number of carboxylic acid groups (broad SMARTS) is 1. The Balaban J connectivity index is 2.04. The number of hydrogen-bond acceptors (Lipinski definition) is 5. The molecule has 0 saturated carbocycles. The van der Waals surface area contributed by atoms with Crippen molar-refractivity contribution in [3.63, 3.8) is 0 Å². The Bertz CT molecular complexity index is 1120. The van der Waals surface area contributed by atoms with Gasteiger partial charge in [-0.1, -0.05) is 6.07 Å². The number of carbonyl (C=O) groups is 2. The normalized spacial score (nSPS) is 11.2. The fourth-order valence-electron chi connectivity index (χ4n) is 3.19. The Morgan fingerprint density at radius 2 is 1.84 bits per heavy atom. The van der Waals surface area contributed by atoms with Gasteiger partial charge in [0.1, 0.15) is 5.69 Å². The Labute approximate surface area is 181 Å². The van der Waals surface area contributed by atoms with E-state index in [2.05, 4.69) is 15.0 Å². The van der Waals surface area contributed by atoms with E-state index in [-0.39, 0.29) is 30.8 Å². The van der Waals surface area contributed by atoms with Crippen molar-refractivity contribution in [2.24, 2.45) is 0 Å².